The van der Waals surface area contributed by atoms with Crippen LogP contribution in [0.4, 0.5) is 0 Å². The molecule has 1 atom stereocenters. The van der Waals surface area contributed by atoms with Crippen molar-refractivity contribution in [3.8, 4) is 0 Å². The second-order valence-corrected chi connectivity index (χ2v) is 5.42. The number of nitrogens with zero attached hydrogens (tertiary/aromatic N) is 2. The number of alkyl halides is 1. The third kappa shape index (κ3) is 8.68. The fraction of sp³-hybridized carbons (Fsp3) is 0.833. The van der Waals surface area contributed by atoms with E-state index in [0.717, 1.165) is 13.5 Å². The number of hydrazine groups is 1. The Hall–Kier alpha value is 0.360. The zero-order valence-corrected chi connectivity index (χ0v) is 9.85. The van der Waals surface area contributed by atoms with Crippen LogP contribution in [0.15, 0.2) is 0 Å². The molecule has 1 unspecified atom stereocenters. The predicted octanol–water partition coefficient (Wildman–Crippen LogP) is 0.748. The molecular weight excluding hydrogens is 289 g/mol. The van der Waals surface area contributed by atoms with Gasteiger partial charge in [0.05, 0.1) is 0 Å². The molecule has 0 aromatic heterocycles. The SMILES string of the molecule is C=IC(C)CCNN([O-])ON(C)[O-]. The number of hydroxylamine groups is 2. The van der Waals surface area contributed by atoms with Gasteiger partial charge in [-0.1, -0.05) is 11.4 Å². The van der Waals surface area contributed by atoms with E-state index in [2.05, 4.69) is 21.8 Å². The summed E-state index contributed by atoms with van der Waals surface area (Å²) < 4.78 is 4.39. The monoisotopic (exact) mass is 303 g/mol. The highest BCUT2D eigenvalue weighted by Gasteiger charge is 1.96. The van der Waals surface area contributed by atoms with Crippen LogP contribution in [0.25, 0.3) is 0 Å². The number of hydrogen-bond donors (Lipinski definition) is 1. The van der Waals surface area contributed by atoms with Crippen LogP contribution in [-0.2, 0) is 4.94 Å². The van der Waals surface area contributed by atoms with Crippen molar-refractivity contribution < 1.29 is 4.94 Å². The highest BCUT2D eigenvalue weighted by atomic mass is 127. The van der Waals surface area contributed by atoms with Crippen LogP contribution in [0.3, 0.4) is 0 Å². The number of hydrogen-bond acceptors (Lipinski definition) is 6. The van der Waals surface area contributed by atoms with Crippen molar-refractivity contribution in [3.05, 3.63) is 10.4 Å². The molecule has 6 nitrogen and oxygen atoms in total. The number of halogens is 1. The van der Waals surface area contributed by atoms with Gasteiger partial charge in [0, 0.05) is 17.5 Å². The van der Waals surface area contributed by atoms with Crippen LogP contribution in [0.2, 0.25) is 0 Å². The van der Waals surface area contributed by atoms with Gasteiger partial charge in [0.15, 0.2) is 0 Å². The zero-order chi connectivity index (χ0) is 10.3. The van der Waals surface area contributed by atoms with Crippen LogP contribution in [0.5, 0.6) is 0 Å². The summed E-state index contributed by atoms with van der Waals surface area (Å²) in [5.74, 6) is 0. The predicted molar refractivity (Wildman–Crippen MR) is 60.6 cm³/mol. The van der Waals surface area contributed by atoms with E-state index in [1.807, 2.05) is 0 Å². The molecule has 0 aliphatic heterocycles. The van der Waals surface area contributed by atoms with E-state index < -0.39 is 0 Å². The van der Waals surface area contributed by atoms with Gasteiger partial charge >= 0.3 is 0 Å². The van der Waals surface area contributed by atoms with Gasteiger partial charge in [-0.2, -0.15) is 5.34 Å². The number of rotatable bonds is 7. The van der Waals surface area contributed by atoms with E-state index in [4.69, 9.17) is 0 Å². The Morgan fingerprint density at radius 3 is 2.69 bits per heavy atom. The molecule has 0 spiro atoms. The maximum absolute atomic E-state index is 10.7. The smallest absolute Gasteiger partial charge is 0.0125 e. The molecule has 1 N–H and O–H groups in total. The van der Waals surface area contributed by atoms with Crippen LogP contribution < -0.4 is 5.43 Å². The van der Waals surface area contributed by atoms with Gasteiger partial charge in [-0.25, -0.2) is 15.6 Å². The fourth-order valence-corrected chi connectivity index (χ4v) is 1.32. The second kappa shape index (κ2) is 7.74. The summed E-state index contributed by atoms with van der Waals surface area (Å²) in [5, 5.41) is 21.0. The Kier molecular flexibility index (Phi) is 7.95. The van der Waals surface area contributed by atoms with Crippen molar-refractivity contribution in [1.82, 2.24) is 16.0 Å². The van der Waals surface area contributed by atoms with Crippen molar-refractivity contribution in [2.24, 2.45) is 0 Å². The first-order chi connectivity index (χ1) is 6.06. The molecule has 0 aliphatic carbocycles. The summed E-state index contributed by atoms with van der Waals surface area (Å²) in [6.07, 6.45) is 0.863. The van der Waals surface area contributed by atoms with Gasteiger partial charge in [-0.05, 0) is 6.42 Å². The van der Waals surface area contributed by atoms with Crippen LogP contribution in [0, 0.1) is 10.4 Å². The lowest BCUT2D eigenvalue weighted by Crippen LogP contribution is -2.37. The lowest BCUT2D eigenvalue weighted by molar-refractivity contribution is -0.292. The molecule has 0 amide bonds. The summed E-state index contributed by atoms with van der Waals surface area (Å²) >= 11 is -0.0285. The Labute approximate surface area is 87.6 Å². The summed E-state index contributed by atoms with van der Waals surface area (Å²) in [6, 6.07) is 0. The molecule has 80 valence electrons. The lowest BCUT2D eigenvalue weighted by Gasteiger charge is -2.33. The summed E-state index contributed by atoms with van der Waals surface area (Å²) in [6.45, 7) is 2.57. The molecule has 13 heavy (non-hydrogen) atoms. The van der Waals surface area contributed by atoms with Crippen molar-refractivity contribution in [1.29, 1.82) is 0 Å². The normalized spacial score (nSPS) is 14.0. The zero-order valence-electron chi connectivity index (χ0n) is 7.70. The van der Waals surface area contributed by atoms with Crippen molar-refractivity contribution in [3.63, 3.8) is 0 Å². The van der Waals surface area contributed by atoms with Crippen LogP contribution >= 0.6 is 20.7 Å². The molecule has 0 saturated heterocycles. The summed E-state index contributed by atoms with van der Waals surface area (Å²) in [7, 11) is 1.09. The Balaban J connectivity index is 3.36. The lowest BCUT2D eigenvalue weighted by atomic mass is 10.3. The van der Waals surface area contributed by atoms with Crippen LogP contribution in [-0.4, -0.2) is 32.6 Å². The average molecular weight is 303 g/mol. The number of nitrogens with one attached hydrogen (secondary N) is 1. The van der Waals surface area contributed by atoms with Gasteiger partial charge < -0.3 is 10.4 Å². The maximum Gasteiger partial charge on any atom is 0.0125 e. The van der Waals surface area contributed by atoms with Crippen LogP contribution in [0.1, 0.15) is 13.3 Å². The Morgan fingerprint density at radius 1 is 1.62 bits per heavy atom. The highest BCUT2D eigenvalue weighted by molar-refractivity contribution is 14.2. The van der Waals surface area contributed by atoms with E-state index in [1.165, 1.54) is 0 Å². The fourth-order valence-electron chi connectivity index (χ4n) is 0.565. The first kappa shape index (κ1) is 13.4. The van der Waals surface area contributed by atoms with E-state index in [-0.39, 0.29) is 31.3 Å². The molecule has 0 rings (SSSR count). The summed E-state index contributed by atoms with van der Waals surface area (Å²) in [4.78, 5) is 4.10. The molecule has 7 heteroatoms. The standard InChI is InChI=1S/C6H14IN3O3/c1-6(7-2)4-5-8-10(12)13-9(3)11/h6,8H,2,4-5H2,1,3H3/q-2. The van der Waals surface area contributed by atoms with Gasteiger partial charge in [-0.15, -0.1) is 20.7 Å². The third-order valence-electron chi connectivity index (χ3n) is 1.24. The first-order valence-electron chi connectivity index (χ1n) is 3.73. The molecule has 0 aliphatic rings. The Morgan fingerprint density at radius 2 is 2.23 bits per heavy atom. The molecule has 0 saturated carbocycles. The third-order valence-corrected chi connectivity index (χ3v) is 3.36. The molecule has 0 aromatic rings. The average Bonchev–Trinajstić information content (AvgIpc) is 2.02. The summed E-state index contributed by atoms with van der Waals surface area (Å²) in [5.41, 5.74) is 2.38. The second-order valence-electron chi connectivity index (χ2n) is 2.41. The minimum atomic E-state index is -0.0285. The first-order valence-corrected chi connectivity index (χ1v) is 6.50. The minimum Gasteiger partial charge on any atom is -0.761 e. The quantitative estimate of drug-likeness (QED) is 0.425. The van der Waals surface area contributed by atoms with Gasteiger partial charge in [-0.3, -0.25) is 0 Å². The van der Waals surface area contributed by atoms with E-state index in [1.54, 1.807) is 0 Å². The van der Waals surface area contributed by atoms with Gasteiger partial charge in [0.25, 0.3) is 0 Å². The maximum atomic E-state index is 10.7. The minimum absolute atomic E-state index is 0.0285. The van der Waals surface area contributed by atoms with Crippen molar-refractivity contribution in [2.45, 2.75) is 17.3 Å². The largest absolute Gasteiger partial charge is 0.761 e. The van der Waals surface area contributed by atoms with E-state index in [9.17, 15) is 10.4 Å². The van der Waals surface area contributed by atoms with Crippen molar-refractivity contribution in [2.75, 3.05) is 13.6 Å². The Bertz CT molecular complexity index is 147. The highest BCUT2D eigenvalue weighted by Crippen LogP contribution is 2.08. The molecular formula is C6H14IN3O3-2. The van der Waals surface area contributed by atoms with Crippen molar-refractivity contribution >= 4 is 25.2 Å². The van der Waals surface area contributed by atoms with E-state index >= 15 is 0 Å². The topological polar surface area (TPSA) is 73.9 Å². The van der Waals surface area contributed by atoms with Gasteiger partial charge in [0.1, 0.15) is 0 Å². The molecule has 0 heterocycles. The van der Waals surface area contributed by atoms with Gasteiger partial charge in [0.2, 0.25) is 0 Å². The molecule has 0 fully saturated rings. The molecule has 0 bridgehead atoms. The van der Waals surface area contributed by atoms with E-state index in [0.29, 0.717) is 10.5 Å². The molecule has 0 radical (unpaired) electrons. The molecule has 0 aromatic carbocycles.